The first-order chi connectivity index (χ1) is 15.9. The second kappa shape index (κ2) is 8.27. The van der Waals surface area contributed by atoms with Crippen molar-refractivity contribution in [1.82, 2.24) is 20.1 Å². The van der Waals surface area contributed by atoms with E-state index in [0.717, 1.165) is 22.2 Å². The SMILES string of the molecule is CN(C)c1ccc(C(=O)N2CCN3C(=O)[C@H](Cc4c[nH]c5ccccc45)NC(=O)[C@H]3C2)cc1. The van der Waals surface area contributed by atoms with Crippen LogP contribution in [0.25, 0.3) is 10.9 Å². The fourth-order valence-corrected chi connectivity index (χ4v) is 4.73. The van der Waals surface area contributed by atoms with Gasteiger partial charge in [0.2, 0.25) is 11.8 Å². The van der Waals surface area contributed by atoms with Crippen LogP contribution >= 0.6 is 0 Å². The summed E-state index contributed by atoms with van der Waals surface area (Å²) in [5.74, 6) is -0.423. The number of nitrogens with one attached hydrogen (secondary N) is 2. The van der Waals surface area contributed by atoms with Crippen LogP contribution < -0.4 is 10.2 Å². The number of hydrogen-bond acceptors (Lipinski definition) is 4. The molecule has 5 rings (SSSR count). The number of piperazine rings is 2. The van der Waals surface area contributed by atoms with Crippen LogP contribution in [-0.2, 0) is 16.0 Å². The second-order valence-electron chi connectivity index (χ2n) is 8.86. The highest BCUT2D eigenvalue weighted by Gasteiger charge is 2.44. The third-order valence-corrected chi connectivity index (χ3v) is 6.60. The lowest BCUT2D eigenvalue weighted by Gasteiger charge is -2.45. The van der Waals surface area contributed by atoms with Crippen molar-refractivity contribution in [2.24, 2.45) is 0 Å². The summed E-state index contributed by atoms with van der Waals surface area (Å²) in [4.78, 5) is 47.7. The van der Waals surface area contributed by atoms with Crippen LogP contribution in [0.5, 0.6) is 0 Å². The number of benzene rings is 2. The number of H-pyrrole nitrogens is 1. The molecule has 0 spiro atoms. The first-order valence-electron chi connectivity index (χ1n) is 11.1. The molecular weight excluding hydrogens is 418 g/mol. The Labute approximate surface area is 192 Å². The van der Waals surface area contributed by atoms with Crippen LogP contribution in [0, 0.1) is 0 Å². The lowest BCUT2D eigenvalue weighted by atomic mass is 9.98. The summed E-state index contributed by atoms with van der Waals surface area (Å²) in [5, 5.41) is 3.95. The van der Waals surface area contributed by atoms with E-state index >= 15 is 0 Å². The summed E-state index contributed by atoms with van der Waals surface area (Å²) < 4.78 is 0. The standard InChI is InChI=1S/C25H27N5O3/c1-28(2)18-9-7-16(8-10-18)24(32)29-11-12-30-22(15-29)23(31)27-21(25(30)33)13-17-14-26-20-6-4-3-5-19(17)20/h3-10,14,21-22,26H,11-13,15H2,1-2H3,(H,27,31)/t21-,22+/m0/s1. The molecule has 2 fully saturated rings. The molecule has 0 radical (unpaired) electrons. The summed E-state index contributed by atoms with van der Waals surface area (Å²) in [6, 6.07) is 14.0. The number of amides is 3. The van der Waals surface area contributed by atoms with Crippen molar-refractivity contribution in [3.05, 3.63) is 65.9 Å². The van der Waals surface area contributed by atoms with E-state index < -0.39 is 12.1 Å². The minimum absolute atomic E-state index is 0.0904. The number of rotatable bonds is 4. The quantitative estimate of drug-likeness (QED) is 0.639. The van der Waals surface area contributed by atoms with E-state index in [0.29, 0.717) is 25.1 Å². The lowest BCUT2D eigenvalue weighted by molar-refractivity contribution is -0.152. The van der Waals surface area contributed by atoms with Gasteiger partial charge < -0.3 is 25.0 Å². The zero-order chi connectivity index (χ0) is 23.1. The fraction of sp³-hybridized carbons (Fsp3) is 0.320. The van der Waals surface area contributed by atoms with E-state index in [9.17, 15) is 14.4 Å². The van der Waals surface area contributed by atoms with Crippen LogP contribution in [0.4, 0.5) is 5.69 Å². The average Bonchev–Trinajstić information content (AvgIpc) is 3.24. The first-order valence-corrected chi connectivity index (χ1v) is 11.1. The van der Waals surface area contributed by atoms with E-state index in [1.165, 1.54) is 0 Å². The average molecular weight is 446 g/mol. The van der Waals surface area contributed by atoms with E-state index in [1.807, 2.05) is 61.6 Å². The highest BCUT2D eigenvalue weighted by molar-refractivity contribution is 5.99. The van der Waals surface area contributed by atoms with Crippen molar-refractivity contribution < 1.29 is 14.4 Å². The molecule has 2 saturated heterocycles. The van der Waals surface area contributed by atoms with Crippen LogP contribution in [0.15, 0.2) is 54.7 Å². The number of para-hydroxylation sites is 1. The van der Waals surface area contributed by atoms with Gasteiger partial charge in [0.05, 0.1) is 6.54 Å². The van der Waals surface area contributed by atoms with Crippen LogP contribution in [0.2, 0.25) is 0 Å². The zero-order valence-electron chi connectivity index (χ0n) is 18.7. The molecule has 0 bridgehead atoms. The summed E-state index contributed by atoms with van der Waals surface area (Å²) in [6.07, 6.45) is 2.33. The molecule has 2 aromatic carbocycles. The molecule has 2 N–H and O–H groups in total. The molecule has 0 unspecified atom stereocenters. The van der Waals surface area contributed by atoms with Crippen LogP contribution in [0.1, 0.15) is 15.9 Å². The predicted octanol–water partition coefficient (Wildman–Crippen LogP) is 1.63. The number of aromatic nitrogens is 1. The molecule has 2 aliphatic rings. The normalized spacial score (nSPS) is 20.5. The Balaban J connectivity index is 1.28. The van der Waals surface area contributed by atoms with Gasteiger partial charge in [0, 0.05) is 62.0 Å². The lowest BCUT2D eigenvalue weighted by Crippen LogP contribution is -2.70. The van der Waals surface area contributed by atoms with Crippen molar-refractivity contribution in [2.75, 3.05) is 38.6 Å². The minimum atomic E-state index is -0.657. The Hall–Kier alpha value is -3.81. The topological polar surface area (TPSA) is 88.8 Å². The number of carbonyl (C=O) groups excluding carboxylic acids is 3. The second-order valence-corrected chi connectivity index (χ2v) is 8.86. The summed E-state index contributed by atoms with van der Waals surface area (Å²) >= 11 is 0. The Morgan fingerprint density at radius 3 is 2.58 bits per heavy atom. The van der Waals surface area contributed by atoms with E-state index in [4.69, 9.17) is 0 Å². The van der Waals surface area contributed by atoms with Gasteiger partial charge in [-0.1, -0.05) is 18.2 Å². The molecule has 2 atom stereocenters. The van der Waals surface area contributed by atoms with Gasteiger partial charge >= 0.3 is 0 Å². The maximum atomic E-state index is 13.2. The van der Waals surface area contributed by atoms with Gasteiger partial charge in [-0.05, 0) is 35.9 Å². The van der Waals surface area contributed by atoms with E-state index in [1.54, 1.807) is 21.9 Å². The van der Waals surface area contributed by atoms with Gasteiger partial charge in [-0.15, -0.1) is 0 Å². The zero-order valence-corrected chi connectivity index (χ0v) is 18.7. The van der Waals surface area contributed by atoms with E-state index in [-0.39, 0.29) is 24.3 Å². The van der Waals surface area contributed by atoms with Gasteiger partial charge in [-0.2, -0.15) is 0 Å². The first kappa shape index (κ1) is 21.1. The fourth-order valence-electron chi connectivity index (χ4n) is 4.73. The highest BCUT2D eigenvalue weighted by Crippen LogP contribution is 2.23. The van der Waals surface area contributed by atoms with Gasteiger partial charge in [0.15, 0.2) is 0 Å². The molecule has 2 aliphatic heterocycles. The molecule has 1 aromatic heterocycles. The van der Waals surface area contributed by atoms with Crippen molar-refractivity contribution >= 4 is 34.3 Å². The van der Waals surface area contributed by atoms with Crippen LogP contribution in [-0.4, -0.2) is 78.3 Å². The molecule has 3 aromatic rings. The molecular formula is C25H27N5O3. The maximum absolute atomic E-state index is 13.2. The van der Waals surface area contributed by atoms with Crippen molar-refractivity contribution in [3.63, 3.8) is 0 Å². The predicted molar refractivity (Wildman–Crippen MR) is 126 cm³/mol. The van der Waals surface area contributed by atoms with Crippen molar-refractivity contribution in [2.45, 2.75) is 18.5 Å². The Kier molecular flexibility index (Phi) is 5.28. The van der Waals surface area contributed by atoms with Crippen LogP contribution in [0.3, 0.4) is 0 Å². The Bertz CT molecular complexity index is 1220. The van der Waals surface area contributed by atoms with Gasteiger partial charge in [-0.25, -0.2) is 0 Å². The summed E-state index contributed by atoms with van der Waals surface area (Å²) in [5.41, 5.74) is 3.59. The number of carbonyl (C=O) groups is 3. The Morgan fingerprint density at radius 2 is 1.82 bits per heavy atom. The maximum Gasteiger partial charge on any atom is 0.254 e. The molecule has 170 valence electrons. The van der Waals surface area contributed by atoms with Gasteiger partial charge in [-0.3, -0.25) is 14.4 Å². The third-order valence-electron chi connectivity index (χ3n) is 6.60. The number of fused-ring (bicyclic) bond motifs is 2. The number of nitrogens with zero attached hydrogens (tertiary/aromatic N) is 3. The van der Waals surface area contributed by atoms with Gasteiger partial charge in [0.25, 0.3) is 5.91 Å². The molecule has 33 heavy (non-hydrogen) atoms. The molecule has 0 saturated carbocycles. The molecule has 3 amide bonds. The molecule has 3 heterocycles. The summed E-state index contributed by atoms with van der Waals surface area (Å²) in [7, 11) is 3.89. The molecule has 8 nitrogen and oxygen atoms in total. The highest BCUT2D eigenvalue weighted by atomic mass is 16.2. The van der Waals surface area contributed by atoms with E-state index in [2.05, 4.69) is 10.3 Å². The monoisotopic (exact) mass is 445 g/mol. The van der Waals surface area contributed by atoms with Crippen molar-refractivity contribution in [3.8, 4) is 0 Å². The Morgan fingerprint density at radius 1 is 1.06 bits per heavy atom. The van der Waals surface area contributed by atoms with Gasteiger partial charge in [0.1, 0.15) is 12.1 Å². The number of aromatic amines is 1. The largest absolute Gasteiger partial charge is 0.378 e. The van der Waals surface area contributed by atoms with Crippen molar-refractivity contribution in [1.29, 1.82) is 0 Å². The smallest absolute Gasteiger partial charge is 0.254 e. The third kappa shape index (κ3) is 3.82. The summed E-state index contributed by atoms with van der Waals surface area (Å²) in [6.45, 7) is 0.956. The number of anilines is 1. The molecule has 8 heteroatoms. The number of hydrogen-bond donors (Lipinski definition) is 2. The molecule has 0 aliphatic carbocycles. The minimum Gasteiger partial charge on any atom is -0.378 e.